The predicted octanol–water partition coefficient (Wildman–Crippen LogP) is 4.34. The molecule has 0 amide bonds. The molecule has 0 fully saturated rings. The molecule has 152 valence electrons. The summed E-state index contributed by atoms with van der Waals surface area (Å²) in [5.41, 5.74) is 2.97. The van der Waals surface area contributed by atoms with E-state index < -0.39 is 6.04 Å². The average molecular weight is 419 g/mol. The van der Waals surface area contributed by atoms with E-state index in [-0.39, 0.29) is 5.97 Å². The number of carbonyl (C=O) groups is 1. The van der Waals surface area contributed by atoms with Crippen molar-refractivity contribution >= 4 is 39.8 Å². The van der Waals surface area contributed by atoms with E-state index in [1.54, 1.807) is 14.0 Å². The lowest BCUT2D eigenvalue weighted by molar-refractivity contribution is -0.138. The smallest absolute Gasteiger partial charge is 0.338 e. The van der Waals surface area contributed by atoms with Crippen molar-refractivity contribution in [3.63, 3.8) is 0 Å². The number of esters is 1. The summed E-state index contributed by atoms with van der Waals surface area (Å²) < 4.78 is 10.7. The summed E-state index contributed by atoms with van der Waals surface area (Å²) in [4.78, 5) is 13.0. The summed E-state index contributed by atoms with van der Waals surface area (Å²) in [6, 6.07) is 21.2. The topological polar surface area (TPSA) is 59.6 Å². The number of thiocarbonyl (C=S) groups is 1. The first-order valence-corrected chi connectivity index (χ1v) is 10.1. The van der Waals surface area contributed by atoms with E-state index in [1.807, 2.05) is 60.7 Å². The largest absolute Gasteiger partial charge is 0.497 e. The lowest BCUT2D eigenvalue weighted by Crippen LogP contribution is -2.45. The lowest BCUT2D eigenvalue weighted by atomic mass is 9.91. The van der Waals surface area contributed by atoms with Gasteiger partial charge in [0.05, 0.1) is 31.0 Å². The van der Waals surface area contributed by atoms with Gasteiger partial charge in [0, 0.05) is 0 Å². The molecule has 6 heteroatoms. The summed E-state index contributed by atoms with van der Waals surface area (Å²) in [6.45, 7) is 2.09. The van der Waals surface area contributed by atoms with E-state index in [1.165, 1.54) is 0 Å². The Morgan fingerprint density at radius 1 is 1.03 bits per heavy atom. The van der Waals surface area contributed by atoms with Gasteiger partial charge in [0.1, 0.15) is 5.75 Å². The normalized spacial score (nSPS) is 16.1. The molecule has 1 atom stereocenters. The van der Waals surface area contributed by atoms with Crippen LogP contribution in [0.1, 0.15) is 24.1 Å². The molecule has 0 bridgehead atoms. The van der Waals surface area contributed by atoms with Crippen LogP contribution in [0.25, 0.3) is 16.5 Å². The fraction of sp³-hybridized carbons (Fsp3) is 0.167. The van der Waals surface area contributed by atoms with Gasteiger partial charge in [0.2, 0.25) is 0 Å². The first-order valence-electron chi connectivity index (χ1n) is 9.72. The van der Waals surface area contributed by atoms with Crippen molar-refractivity contribution < 1.29 is 14.3 Å². The van der Waals surface area contributed by atoms with Crippen LogP contribution in [0.4, 0.5) is 0 Å². The van der Waals surface area contributed by atoms with Gasteiger partial charge >= 0.3 is 5.97 Å². The van der Waals surface area contributed by atoms with Gasteiger partial charge in [0.25, 0.3) is 0 Å². The second kappa shape index (κ2) is 8.55. The minimum Gasteiger partial charge on any atom is -0.497 e. The van der Waals surface area contributed by atoms with Crippen molar-refractivity contribution in [1.29, 1.82) is 0 Å². The molecule has 0 aromatic heterocycles. The zero-order valence-corrected chi connectivity index (χ0v) is 17.6. The number of hydrogen-bond donors (Lipinski definition) is 2. The molecular formula is C24H22N2O3S. The number of fused-ring (bicyclic) bond motifs is 1. The highest BCUT2D eigenvalue weighted by atomic mass is 32.1. The molecule has 1 aliphatic rings. The Labute approximate surface area is 180 Å². The number of hydrogen-bond acceptors (Lipinski definition) is 4. The van der Waals surface area contributed by atoms with Gasteiger partial charge in [-0.3, -0.25) is 0 Å². The summed E-state index contributed by atoms with van der Waals surface area (Å²) >= 11 is 5.47. The van der Waals surface area contributed by atoms with Gasteiger partial charge in [-0.15, -0.1) is 0 Å². The minimum absolute atomic E-state index is 0.291. The van der Waals surface area contributed by atoms with Gasteiger partial charge in [-0.05, 0) is 59.2 Å². The highest BCUT2D eigenvalue weighted by Gasteiger charge is 2.33. The van der Waals surface area contributed by atoms with Gasteiger partial charge < -0.3 is 20.1 Å². The Morgan fingerprint density at radius 2 is 1.77 bits per heavy atom. The van der Waals surface area contributed by atoms with E-state index in [2.05, 4.69) is 16.7 Å². The quantitative estimate of drug-likeness (QED) is 0.475. The van der Waals surface area contributed by atoms with E-state index in [0.717, 1.165) is 27.6 Å². The van der Waals surface area contributed by atoms with Crippen LogP contribution in [0.15, 0.2) is 72.3 Å². The van der Waals surface area contributed by atoms with Crippen LogP contribution in [-0.4, -0.2) is 24.8 Å². The number of methoxy groups -OCH3 is 1. The van der Waals surface area contributed by atoms with Crippen LogP contribution in [0.5, 0.6) is 5.75 Å². The molecule has 4 rings (SSSR count). The van der Waals surface area contributed by atoms with Crippen molar-refractivity contribution in [1.82, 2.24) is 10.6 Å². The number of carbonyl (C=O) groups excluding carboxylic acids is 1. The van der Waals surface area contributed by atoms with E-state index in [0.29, 0.717) is 23.0 Å². The van der Waals surface area contributed by atoms with E-state index >= 15 is 0 Å². The van der Waals surface area contributed by atoms with Crippen LogP contribution in [0, 0.1) is 0 Å². The zero-order chi connectivity index (χ0) is 21.1. The molecular weight excluding hydrogens is 396 g/mol. The van der Waals surface area contributed by atoms with Crippen LogP contribution in [-0.2, 0) is 9.53 Å². The molecule has 2 N–H and O–H groups in total. The molecule has 1 heterocycles. The molecule has 0 unspecified atom stereocenters. The Balaban J connectivity index is 1.86. The highest BCUT2D eigenvalue weighted by Crippen LogP contribution is 2.34. The van der Waals surface area contributed by atoms with Crippen molar-refractivity contribution in [3.8, 4) is 5.75 Å². The molecule has 0 radical (unpaired) electrons. The van der Waals surface area contributed by atoms with Crippen molar-refractivity contribution in [2.75, 3.05) is 13.7 Å². The Morgan fingerprint density at radius 3 is 2.50 bits per heavy atom. The maximum atomic E-state index is 13.0. The summed E-state index contributed by atoms with van der Waals surface area (Å²) in [5, 5.41) is 8.96. The van der Waals surface area contributed by atoms with Crippen molar-refractivity contribution in [2.24, 2.45) is 0 Å². The van der Waals surface area contributed by atoms with Gasteiger partial charge in [-0.1, -0.05) is 48.5 Å². The summed E-state index contributed by atoms with van der Waals surface area (Å²) in [6.07, 6.45) is 0. The number of benzene rings is 3. The monoisotopic (exact) mass is 418 g/mol. The Bertz CT molecular complexity index is 1140. The Hall–Kier alpha value is -3.38. The van der Waals surface area contributed by atoms with Gasteiger partial charge in [-0.2, -0.15) is 0 Å². The predicted molar refractivity (Wildman–Crippen MR) is 122 cm³/mol. The molecule has 3 aromatic carbocycles. The molecule has 5 nitrogen and oxygen atoms in total. The molecule has 3 aromatic rings. The first-order chi connectivity index (χ1) is 14.6. The number of nitrogens with one attached hydrogen (secondary N) is 2. The summed E-state index contributed by atoms with van der Waals surface area (Å²) in [5.74, 6) is 0.425. The molecule has 0 saturated heterocycles. The molecule has 0 saturated carbocycles. The van der Waals surface area contributed by atoms with Crippen molar-refractivity contribution in [2.45, 2.75) is 13.0 Å². The van der Waals surface area contributed by atoms with Crippen molar-refractivity contribution in [3.05, 3.63) is 83.4 Å². The molecule has 1 aliphatic heterocycles. The zero-order valence-electron chi connectivity index (χ0n) is 16.8. The highest BCUT2D eigenvalue weighted by molar-refractivity contribution is 7.80. The second-order valence-electron chi connectivity index (χ2n) is 6.88. The number of rotatable bonds is 5. The maximum absolute atomic E-state index is 13.0. The molecule has 0 aliphatic carbocycles. The SMILES string of the molecule is CCOC(=O)C1=C(c2ccccc2)NC(=S)N[C@H]1c1ccc2cc(OC)ccc2c1. The van der Waals surface area contributed by atoms with Gasteiger partial charge in [0.15, 0.2) is 5.11 Å². The summed E-state index contributed by atoms with van der Waals surface area (Å²) in [7, 11) is 1.65. The minimum atomic E-state index is -0.431. The van der Waals surface area contributed by atoms with Crippen LogP contribution < -0.4 is 15.4 Å². The van der Waals surface area contributed by atoms with Crippen LogP contribution in [0.2, 0.25) is 0 Å². The first kappa shape index (κ1) is 19.9. The van der Waals surface area contributed by atoms with Crippen LogP contribution in [0.3, 0.4) is 0 Å². The Kier molecular flexibility index (Phi) is 5.68. The second-order valence-corrected chi connectivity index (χ2v) is 7.29. The maximum Gasteiger partial charge on any atom is 0.338 e. The molecule has 30 heavy (non-hydrogen) atoms. The van der Waals surface area contributed by atoms with Crippen LogP contribution >= 0.6 is 12.2 Å². The average Bonchev–Trinajstić information content (AvgIpc) is 2.78. The van der Waals surface area contributed by atoms with E-state index in [4.69, 9.17) is 21.7 Å². The lowest BCUT2D eigenvalue weighted by Gasteiger charge is -2.31. The third-order valence-corrected chi connectivity index (χ3v) is 5.25. The third kappa shape index (κ3) is 3.86. The fourth-order valence-corrected chi connectivity index (χ4v) is 3.84. The standard InChI is InChI=1S/C24H22N2O3S/c1-3-29-23(27)20-21(15-7-5-4-6-8-15)25-24(30)26-22(20)18-10-9-17-14-19(28-2)12-11-16(17)13-18/h4-14,22H,3H2,1-2H3,(H2,25,26,30)/t22-/m0/s1. The van der Waals surface area contributed by atoms with Gasteiger partial charge in [-0.25, -0.2) is 4.79 Å². The number of ether oxygens (including phenoxy) is 2. The van der Waals surface area contributed by atoms with E-state index in [9.17, 15) is 4.79 Å². The third-order valence-electron chi connectivity index (χ3n) is 5.03. The molecule has 0 spiro atoms. The fourth-order valence-electron chi connectivity index (χ4n) is 3.62.